The number of hydrogen-bond acceptors (Lipinski definition) is 6. The predicted molar refractivity (Wildman–Crippen MR) is 86.5 cm³/mol. The third kappa shape index (κ3) is 3.19. The zero-order chi connectivity index (χ0) is 16.4. The quantitative estimate of drug-likeness (QED) is 0.409. The monoisotopic (exact) mass is 328 g/mol. The van der Waals surface area contributed by atoms with E-state index in [0.29, 0.717) is 11.1 Å². The van der Waals surface area contributed by atoms with Crippen molar-refractivity contribution in [1.82, 2.24) is 4.98 Å². The smallest absolute Gasteiger partial charge is 0.338 e. The SMILES string of the molecule is CC(OC(=O)c1ccc2ncsc2c1)c1cccc([N+](=O)[O-])c1. The Kier molecular flexibility index (Phi) is 4.03. The first-order valence-electron chi connectivity index (χ1n) is 6.83. The van der Waals surface area contributed by atoms with Crippen LogP contribution in [0.4, 0.5) is 5.69 Å². The first kappa shape index (κ1) is 15.1. The summed E-state index contributed by atoms with van der Waals surface area (Å²) in [5.74, 6) is -0.473. The molecule has 0 aliphatic carbocycles. The van der Waals surface area contributed by atoms with Crippen LogP contribution in [0.25, 0.3) is 10.2 Å². The lowest BCUT2D eigenvalue weighted by atomic mass is 10.1. The predicted octanol–water partition coefficient (Wildman–Crippen LogP) is 4.12. The minimum atomic E-state index is -0.584. The number of benzene rings is 2. The van der Waals surface area contributed by atoms with E-state index in [4.69, 9.17) is 4.74 Å². The van der Waals surface area contributed by atoms with E-state index in [2.05, 4.69) is 4.98 Å². The van der Waals surface area contributed by atoms with E-state index >= 15 is 0 Å². The molecule has 0 radical (unpaired) electrons. The minimum Gasteiger partial charge on any atom is -0.454 e. The maximum absolute atomic E-state index is 12.2. The summed E-state index contributed by atoms with van der Waals surface area (Å²) in [4.78, 5) is 26.7. The normalized spacial score (nSPS) is 12.0. The Labute approximate surface area is 135 Å². The Balaban J connectivity index is 1.78. The van der Waals surface area contributed by atoms with Gasteiger partial charge in [-0.15, -0.1) is 11.3 Å². The third-order valence-corrected chi connectivity index (χ3v) is 4.19. The average molecular weight is 328 g/mol. The van der Waals surface area contributed by atoms with Gasteiger partial charge in [-0.3, -0.25) is 10.1 Å². The van der Waals surface area contributed by atoms with Crippen LogP contribution in [0.5, 0.6) is 0 Å². The highest BCUT2D eigenvalue weighted by Crippen LogP contribution is 2.24. The number of thiazole rings is 1. The molecule has 0 saturated carbocycles. The number of ether oxygens (including phenoxy) is 1. The minimum absolute atomic E-state index is 0.0310. The van der Waals surface area contributed by atoms with Crippen LogP contribution < -0.4 is 0 Å². The largest absolute Gasteiger partial charge is 0.454 e. The zero-order valence-corrected chi connectivity index (χ0v) is 12.9. The lowest BCUT2D eigenvalue weighted by molar-refractivity contribution is -0.385. The zero-order valence-electron chi connectivity index (χ0n) is 12.1. The van der Waals surface area contributed by atoms with Gasteiger partial charge in [0.25, 0.3) is 5.69 Å². The Bertz CT molecular complexity index is 890. The second-order valence-corrected chi connectivity index (χ2v) is 5.82. The number of non-ortho nitro benzene ring substituents is 1. The Morgan fingerprint density at radius 3 is 2.91 bits per heavy atom. The van der Waals surface area contributed by atoms with E-state index in [0.717, 1.165) is 10.2 Å². The van der Waals surface area contributed by atoms with Crippen molar-refractivity contribution in [3.8, 4) is 0 Å². The molecule has 7 heteroatoms. The van der Waals surface area contributed by atoms with Gasteiger partial charge in [0.2, 0.25) is 0 Å². The van der Waals surface area contributed by atoms with Crippen LogP contribution in [-0.2, 0) is 4.74 Å². The highest BCUT2D eigenvalue weighted by atomic mass is 32.1. The molecule has 1 heterocycles. The highest BCUT2D eigenvalue weighted by molar-refractivity contribution is 7.16. The molecule has 0 bridgehead atoms. The number of fused-ring (bicyclic) bond motifs is 1. The molecule has 3 rings (SSSR count). The molecule has 0 amide bonds. The molecule has 0 fully saturated rings. The molecule has 1 aromatic heterocycles. The van der Waals surface area contributed by atoms with E-state index in [1.165, 1.54) is 23.5 Å². The lowest BCUT2D eigenvalue weighted by Gasteiger charge is -2.13. The topological polar surface area (TPSA) is 82.3 Å². The summed E-state index contributed by atoms with van der Waals surface area (Å²) in [5.41, 5.74) is 3.52. The van der Waals surface area contributed by atoms with Crippen LogP contribution in [0, 0.1) is 10.1 Å². The number of hydrogen-bond donors (Lipinski definition) is 0. The molecule has 0 aliphatic heterocycles. The molecular formula is C16H12N2O4S. The number of carbonyl (C=O) groups is 1. The summed E-state index contributed by atoms with van der Waals surface area (Å²) in [6.45, 7) is 1.68. The fraction of sp³-hybridized carbons (Fsp3) is 0.125. The number of carbonyl (C=O) groups excluding carboxylic acids is 1. The van der Waals surface area contributed by atoms with E-state index in [-0.39, 0.29) is 5.69 Å². The number of nitrogens with zero attached hydrogens (tertiary/aromatic N) is 2. The molecule has 0 aliphatic rings. The number of aromatic nitrogens is 1. The van der Waals surface area contributed by atoms with Crippen LogP contribution in [0.2, 0.25) is 0 Å². The van der Waals surface area contributed by atoms with E-state index < -0.39 is 17.0 Å². The molecule has 0 spiro atoms. The summed E-state index contributed by atoms with van der Waals surface area (Å²) in [6, 6.07) is 11.2. The van der Waals surface area contributed by atoms with Crippen LogP contribution in [-0.4, -0.2) is 15.9 Å². The fourth-order valence-electron chi connectivity index (χ4n) is 2.17. The summed E-state index contributed by atoms with van der Waals surface area (Å²) >= 11 is 1.45. The summed E-state index contributed by atoms with van der Waals surface area (Å²) in [6.07, 6.45) is -0.584. The van der Waals surface area contributed by atoms with Crippen molar-refractivity contribution in [2.24, 2.45) is 0 Å². The van der Waals surface area contributed by atoms with Gasteiger partial charge in [0.15, 0.2) is 0 Å². The molecule has 0 saturated heterocycles. The standard InChI is InChI=1S/C16H12N2O4S/c1-10(11-3-2-4-13(7-11)18(20)21)22-16(19)12-5-6-14-15(8-12)23-9-17-14/h2-10H,1H3. The van der Waals surface area contributed by atoms with Crippen molar-refractivity contribution in [2.45, 2.75) is 13.0 Å². The van der Waals surface area contributed by atoms with Gasteiger partial charge >= 0.3 is 5.97 Å². The third-order valence-electron chi connectivity index (χ3n) is 3.40. The molecule has 116 valence electrons. The van der Waals surface area contributed by atoms with Crippen LogP contribution in [0.3, 0.4) is 0 Å². The molecule has 6 nitrogen and oxygen atoms in total. The molecule has 2 aromatic carbocycles. The van der Waals surface area contributed by atoms with Gasteiger partial charge in [-0.25, -0.2) is 9.78 Å². The number of nitro groups is 1. The highest BCUT2D eigenvalue weighted by Gasteiger charge is 2.16. The van der Waals surface area contributed by atoms with Crippen molar-refractivity contribution >= 4 is 33.2 Å². The molecule has 0 N–H and O–H groups in total. The van der Waals surface area contributed by atoms with Crippen molar-refractivity contribution in [1.29, 1.82) is 0 Å². The molecular weight excluding hydrogens is 316 g/mol. The van der Waals surface area contributed by atoms with Crippen molar-refractivity contribution in [3.63, 3.8) is 0 Å². The van der Waals surface area contributed by atoms with Crippen molar-refractivity contribution in [3.05, 3.63) is 69.2 Å². The van der Waals surface area contributed by atoms with Crippen molar-refractivity contribution in [2.75, 3.05) is 0 Å². The Morgan fingerprint density at radius 2 is 2.13 bits per heavy atom. The summed E-state index contributed by atoms with van der Waals surface area (Å²) in [5, 5.41) is 10.8. The summed E-state index contributed by atoms with van der Waals surface area (Å²) < 4.78 is 6.31. The molecule has 1 atom stereocenters. The number of nitro benzene ring substituents is 1. The fourth-order valence-corrected chi connectivity index (χ4v) is 2.89. The van der Waals surface area contributed by atoms with Crippen molar-refractivity contribution < 1.29 is 14.5 Å². The van der Waals surface area contributed by atoms with Gasteiger partial charge in [0.05, 0.1) is 26.2 Å². The summed E-state index contributed by atoms with van der Waals surface area (Å²) in [7, 11) is 0. The van der Waals surface area contributed by atoms with Gasteiger partial charge in [0.1, 0.15) is 6.10 Å². The van der Waals surface area contributed by atoms with Gasteiger partial charge in [0, 0.05) is 12.1 Å². The maximum atomic E-state index is 12.2. The van der Waals surface area contributed by atoms with Crippen LogP contribution in [0.15, 0.2) is 48.0 Å². The Morgan fingerprint density at radius 1 is 1.30 bits per heavy atom. The second kappa shape index (κ2) is 6.13. The van der Waals surface area contributed by atoms with Gasteiger partial charge in [-0.05, 0) is 30.7 Å². The number of rotatable bonds is 4. The maximum Gasteiger partial charge on any atom is 0.338 e. The molecule has 3 aromatic rings. The van der Waals surface area contributed by atoms with E-state index in [1.807, 2.05) is 0 Å². The van der Waals surface area contributed by atoms with Gasteiger partial charge in [-0.2, -0.15) is 0 Å². The van der Waals surface area contributed by atoms with E-state index in [9.17, 15) is 14.9 Å². The number of esters is 1. The second-order valence-electron chi connectivity index (χ2n) is 4.93. The molecule has 23 heavy (non-hydrogen) atoms. The first-order valence-corrected chi connectivity index (χ1v) is 7.71. The van der Waals surface area contributed by atoms with Crippen LogP contribution >= 0.6 is 11.3 Å². The van der Waals surface area contributed by atoms with Gasteiger partial charge < -0.3 is 4.74 Å². The molecule has 1 unspecified atom stereocenters. The van der Waals surface area contributed by atoms with Crippen LogP contribution in [0.1, 0.15) is 28.9 Å². The Hall–Kier alpha value is -2.80. The van der Waals surface area contributed by atoms with E-state index in [1.54, 1.807) is 42.8 Å². The first-order chi connectivity index (χ1) is 11.0. The van der Waals surface area contributed by atoms with Gasteiger partial charge in [-0.1, -0.05) is 12.1 Å². The average Bonchev–Trinajstić information content (AvgIpc) is 3.02. The lowest BCUT2D eigenvalue weighted by Crippen LogP contribution is -2.09.